The molecular formula is C12H16N6O2S. The van der Waals surface area contributed by atoms with Crippen molar-refractivity contribution in [2.24, 2.45) is 0 Å². The molecule has 0 saturated heterocycles. The second kappa shape index (κ2) is 6.10. The quantitative estimate of drug-likeness (QED) is 0.822. The number of anilines is 1. The Morgan fingerprint density at radius 2 is 1.90 bits per heavy atom. The van der Waals surface area contributed by atoms with Gasteiger partial charge in [-0.15, -0.1) is 5.10 Å². The zero-order valence-electron chi connectivity index (χ0n) is 12.0. The van der Waals surface area contributed by atoms with E-state index in [1.807, 2.05) is 0 Å². The lowest BCUT2D eigenvalue weighted by atomic mass is 10.3. The fourth-order valence-electron chi connectivity index (χ4n) is 1.55. The van der Waals surface area contributed by atoms with Gasteiger partial charge in [-0.05, 0) is 32.5 Å². The molecule has 0 fully saturated rings. The minimum absolute atomic E-state index is 0.0702. The van der Waals surface area contributed by atoms with E-state index in [4.69, 9.17) is 0 Å². The van der Waals surface area contributed by atoms with Crippen LogP contribution in [0.1, 0.15) is 17.0 Å². The van der Waals surface area contributed by atoms with Gasteiger partial charge in [0, 0.05) is 12.7 Å². The summed E-state index contributed by atoms with van der Waals surface area (Å²) in [4.78, 5) is 7.97. The van der Waals surface area contributed by atoms with Gasteiger partial charge in [0.2, 0.25) is 0 Å². The van der Waals surface area contributed by atoms with Crippen LogP contribution in [0.3, 0.4) is 0 Å². The topological polar surface area (TPSA) is 110 Å². The predicted molar refractivity (Wildman–Crippen MR) is 77.1 cm³/mol. The molecule has 9 heteroatoms. The molecule has 0 spiro atoms. The molecule has 21 heavy (non-hydrogen) atoms. The number of nitrogens with zero attached hydrogens (tertiary/aromatic N) is 4. The highest BCUT2D eigenvalue weighted by molar-refractivity contribution is 7.92. The third-order valence-corrected chi connectivity index (χ3v) is 4.01. The largest absolute Gasteiger partial charge is 0.316 e. The maximum atomic E-state index is 12.2. The second-order valence-corrected chi connectivity index (χ2v) is 6.08. The Balaban J connectivity index is 2.23. The van der Waals surface area contributed by atoms with Gasteiger partial charge >= 0.3 is 0 Å². The average Bonchev–Trinajstić information content (AvgIpc) is 2.44. The van der Waals surface area contributed by atoms with E-state index in [2.05, 4.69) is 30.2 Å². The first-order valence-electron chi connectivity index (χ1n) is 6.22. The lowest BCUT2D eigenvalue weighted by Crippen LogP contribution is -2.17. The zero-order chi connectivity index (χ0) is 15.5. The summed E-state index contributed by atoms with van der Waals surface area (Å²) >= 11 is 0. The van der Waals surface area contributed by atoms with Crippen LogP contribution in [0, 0.1) is 13.8 Å². The molecule has 0 radical (unpaired) electrons. The van der Waals surface area contributed by atoms with Gasteiger partial charge in [0.25, 0.3) is 16.0 Å². The van der Waals surface area contributed by atoms with Crippen LogP contribution < -0.4 is 10.0 Å². The molecule has 0 saturated carbocycles. The molecule has 8 nitrogen and oxygen atoms in total. The molecule has 0 bridgehead atoms. The Bertz CT molecular complexity index is 730. The van der Waals surface area contributed by atoms with Crippen LogP contribution in [0.5, 0.6) is 0 Å². The Labute approximate surface area is 123 Å². The van der Waals surface area contributed by atoms with E-state index < -0.39 is 10.0 Å². The van der Waals surface area contributed by atoms with Crippen molar-refractivity contribution >= 4 is 16.0 Å². The van der Waals surface area contributed by atoms with Gasteiger partial charge in [0.15, 0.2) is 5.03 Å². The summed E-state index contributed by atoms with van der Waals surface area (Å²) in [5.74, 6) is -0.0702. The van der Waals surface area contributed by atoms with E-state index in [0.717, 1.165) is 5.56 Å². The first kappa shape index (κ1) is 15.3. The van der Waals surface area contributed by atoms with Crippen LogP contribution in [0.15, 0.2) is 23.4 Å². The van der Waals surface area contributed by atoms with Gasteiger partial charge in [0.1, 0.15) is 0 Å². The normalized spacial score (nSPS) is 11.4. The van der Waals surface area contributed by atoms with Crippen molar-refractivity contribution in [2.75, 3.05) is 11.8 Å². The third kappa shape index (κ3) is 3.70. The van der Waals surface area contributed by atoms with Gasteiger partial charge in [-0.2, -0.15) is 13.5 Å². The van der Waals surface area contributed by atoms with Crippen LogP contribution in [-0.4, -0.2) is 35.6 Å². The highest BCUT2D eigenvalue weighted by atomic mass is 32.2. The van der Waals surface area contributed by atoms with Crippen molar-refractivity contribution in [1.82, 2.24) is 25.5 Å². The van der Waals surface area contributed by atoms with E-state index in [1.165, 1.54) is 12.3 Å². The minimum atomic E-state index is -3.82. The van der Waals surface area contributed by atoms with Crippen molar-refractivity contribution in [2.45, 2.75) is 25.4 Å². The molecule has 0 aliphatic carbocycles. The van der Waals surface area contributed by atoms with E-state index in [1.54, 1.807) is 27.0 Å². The van der Waals surface area contributed by atoms with Crippen molar-refractivity contribution < 1.29 is 8.42 Å². The standard InChI is InChI=1S/C12H16N6O2S/c1-8-9(2)16-17-12(15-8)18-21(19,20)11-5-4-10(6-13-3)7-14-11/h4-5,7,13H,6H2,1-3H3,(H,15,17,18). The lowest BCUT2D eigenvalue weighted by Gasteiger charge is -2.07. The molecule has 2 aromatic rings. The second-order valence-electron chi connectivity index (χ2n) is 4.45. The number of nitrogens with one attached hydrogen (secondary N) is 2. The maximum absolute atomic E-state index is 12.2. The molecule has 2 aromatic heterocycles. The first-order valence-corrected chi connectivity index (χ1v) is 7.71. The summed E-state index contributed by atoms with van der Waals surface area (Å²) < 4.78 is 26.6. The fraction of sp³-hybridized carbons (Fsp3) is 0.333. The number of hydrogen-bond donors (Lipinski definition) is 2. The maximum Gasteiger partial charge on any atom is 0.281 e. The van der Waals surface area contributed by atoms with Crippen LogP contribution in [0.25, 0.3) is 0 Å². The van der Waals surface area contributed by atoms with Gasteiger partial charge in [0.05, 0.1) is 11.4 Å². The Kier molecular flexibility index (Phi) is 4.43. The van der Waals surface area contributed by atoms with Crippen LogP contribution in [-0.2, 0) is 16.6 Å². The van der Waals surface area contributed by atoms with Crippen LogP contribution >= 0.6 is 0 Å². The van der Waals surface area contributed by atoms with Gasteiger partial charge < -0.3 is 5.32 Å². The number of sulfonamides is 1. The molecule has 2 rings (SSSR count). The number of aryl methyl sites for hydroxylation is 2. The molecule has 0 aliphatic rings. The summed E-state index contributed by atoms with van der Waals surface area (Å²) in [6.45, 7) is 4.09. The molecule has 0 atom stereocenters. The van der Waals surface area contributed by atoms with Gasteiger partial charge in [-0.1, -0.05) is 6.07 Å². The van der Waals surface area contributed by atoms with E-state index >= 15 is 0 Å². The summed E-state index contributed by atoms with van der Waals surface area (Å²) in [7, 11) is -2.02. The number of pyridine rings is 1. The Morgan fingerprint density at radius 1 is 1.14 bits per heavy atom. The average molecular weight is 308 g/mol. The van der Waals surface area contributed by atoms with E-state index in [-0.39, 0.29) is 11.0 Å². The third-order valence-electron chi connectivity index (χ3n) is 2.77. The monoisotopic (exact) mass is 308 g/mol. The molecule has 112 valence electrons. The molecule has 0 aromatic carbocycles. The van der Waals surface area contributed by atoms with E-state index in [9.17, 15) is 8.42 Å². The Morgan fingerprint density at radius 3 is 2.48 bits per heavy atom. The fourth-order valence-corrected chi connectivity index (χ4v) is 2.42. The predicted octanol–water partition coefficient (Wildman–Crippen LogP) is 0.404. The van der Waals surface area contributed by atoms with Gasteiger partial charge in [-0.3, -0.25) is 0 Å². The molecule has 0 amide bonds. The van der Waals surface area contributed by atoms with Crippen LogP contribution in [0.2, 0.25) is 0 Å². The summed E-state index contributed by atoms with van der Waals surface area (Å²) in [5.41, 5.74) is 2.15. The summed E-state index contributed by atoms with van der Waals surface area (Å²) in [6, 6.07) is 3.13. The van der Waals surface area contributed by atoms with Crippen molar-refractivity contribution in [3.05, 3.63) is 35.3 Å². The highest BCUT2D eigenvalue weighted by Gasteiger charge is 2.17. The highest BCUT2D eigenvalue weighted by Crippen LogP contribution is 2.11. The summed E-state index contributed by atoms with van der Waals surface area (Å²) in [6.07, 6.45) is 1.50. The molecule has 2 heterocycles. The molecule has 2 N–H and O–H groups in total. The minimum Gasteiger partial charge on any atom is -0.316 e. The lowest BCUT2D eigenvalue weighted by molar-refractivity contribution is 0.596. The number of rotatable bonds is 5. The van der Waals surface area contributed by atoms with Crippen molar-refractivity contribution in [1.29, 1.82) is 0 Å². The molecule has 0 unspecified atom stereocenters. The smallest absolute Gasteiger partial charge is 0.281 e. The molecule has 0 aliphatic heterocycles. The van der Waals surface area contributed by atoms with Crippen molar-refractivity contribution in [3.63, 3.8) is 0 Å². The van der Waals surface area contributed by atoms with E-state index in [0.29, 0.717) is 17.9 Å². The number of aromatic nitrogens is 4. The zero-order valence-corrected chi connectivity index (χ0v) is 12.8. The van der Waals surface area contributed by atoms with Crippen LogP contribution in [0.4, 0.5) is 5.95 Å². The number of hydrogen-bond acceptors (Lipinski definition) is 7. The Hall–Kier alpha value is -2.13. The first-order chi connectivity index (χ1) is 9.92. The van der Waals surface area contributed by atoms with Gasteiger partial charge in [-0.25, -0.2) is 14.7 Å². The molecular weight excluding hydrogens is 292 g/mol. The van der Waals surface area contributed by atoms with Crippen molar-refractivity contribution in [3.8, 4) is 0 Å². The summed E-state index contributed by atoms with van der Waals surface area (Å²) in [5, 5.41) is 10.4. The SMILES string of the molecule is CNCc1ccc(S(=O)(=O)Nc2nnc(C)c(C)n2)nc1.